The number of carbonyl (C=O) groups excluding carboxylic acids is 1. The lowest BCUT2D eigenvalue weighted by Crippen LogP contribution is -2.44. The molecule has 3 aromatic heterocycles. The van der Waals surface area contributed by atoms with E-state index in [2.05, 4.69) is 20.0 Å². The summed E-state index contributed by atoms with van der Waals surface area (Å²) in [6, 6.07) is 2.95. The van der Waals surface area contributed by atoms with Crippen molar-refractivity contribution in [1.82, 2.24) is 29.4 Å². The lowest BCUT2D eigenvalue weighted by Gasteiger charge is -2.35. The number of aromatic nitrogens is 4. The standard InChI is InChI=1S/C25H31F3N8O2/c1-15-17(24(37)35-6-4-16(5-7-35)33(2)3)12-20-23(34-8-10-38-11-9-34)31-22(32-36(15)20)18-14-30-21(29)13-19(18)25(26,27)28/h12-14,16H,4-11H2,1-3H3,(H2,29,30). The number of nitrogens with zero attached hydrogens (tertiary/aromatic N) is 7. The quantitative estimate of drug-likeness (QED) is 0.547. The van der Waals surface area contributed by atoms with Gasteiger partial charge >= 0.3 is 6.18 Å². The minimum atomic E-state index is -4.69. The van der Waals surface area contributed by atoms with Crippen molar-refractivity contribution in [3.8, 4) is 11.4 Å². The second kappa shape index (κ2) is 10.0. The topological polar surface area (TPSA) is 105 Å². The third kappa shape index (κ3) is 4.87. The average Bonchev–Trinajstić information content (AvgIpc) is 3.24. The highest BCUT2D eigenvalue weighted by atomic mass is 19.4. The summed E-state index contributed by atoms with van der Waals surface area (Å²) < 4.78 is 48.8. The number of likely N-dealkylation sites (tertiary alicyclic amines) is 1. The zero-order valence-corrected chi connectivity index (χ0v) is 21.6. The van der Waals surface area contributed by atoms with Crippen LogP contribution in [-0.4, -0.2) is 94.8 Å². The number of nitrogen functional groups attached to an aromatic ring is 1. The van der Waals surface area contributed by atoms with Gasteiger partial charge in [0, 0.05) is 38.4 Å². The van der Waals surface area contributed by atoms with Gasteiger partial charge in [-0.15, -0.1) is 5.10 Å². The summed E-state index contributed by atoms with van der Waals surface area (Å²) in [5.41, 5.74) is 5.87. The van der Waals surface area contributed by atoms with E-state index in [1.807, 2.05) is 23.9 Å². The Hall–Kier alpha value is -3.45. The van der Waals surface area contributed by atoms with Crippen molar-refractivity contribution >= 4 is 23.1 Å². The number of rotatable bonds is 4. The summed E-state index contributed by atoms with van der Waals surface area (Å²) in [4.78, 5) is 28.0. The van der Waals surface area contributed by atoms with Gasteiger partial charge in [0.25, 0.3) is 5.91 Å². The molecule has 3 aromatic rings. The van der Waals surface area contributed by atoms with Gasteiger partial charge in [0.1, 0.15) is 11.3 Å². The van der Waals surface area contributed by atoms with Crippen molar-refractivity contribution in [3.05, 3.63) is 35.2 Å². The molecular formula is C25H31F3N8O2. The Kier molecular flexibility index (Phi) is 6.90. The summed E-state index contributed by atoms with van der Waals surface area (Å²) in [6.45, 7) is 4.93. The number of nitrogens with two attached hydrogens (primary N) is 1. The predicted molar refractivity (Wildman–Crippen MR) is 136 cm³/mol. The fourth-order valence-corrected chi connectivity index (χ4v) is 5.14. The number of fused-ring (bicyclic) bond motifs is 1. The van der Waals surface area contributed by atoms with Gasteiger partial charge in [0.15, 0.2) is 11.6 Å². The number of hydrogen-bond donors (Lipinski definition) is 1. The lowest BCUT2D eigenvalue weighted by molar-refractivity contribution is -0.137. The van der Waals surface area contributed by atoms with E-state index in [9.17, 15) is 18.0 Å². The van der Waals surface area contributed by atoms with Gasteiger partial charge in [-0.1, -0.05) is 0 Å². The molecule has 0 unspecified atom stereocenters. The molecule has 0 aliphatic carbocycles. The molecule has 2 aliphatic rings. The van der Waals surface area contributed by atoms with Crippen molar-refractivity contribution in [1.29, 1.82) is 0 Å². The highest BCUT2D eigenvalue weighted by molar-refractivity contribution is 5.98. The highest BCUT2D eigenvalue weighted by Crippen LogP contribution is 2.37. The first-order valence-electron chi connectivity index (χ1n) is 12.6. The first-order chi connectivity index (χ1) is 18.0. The van der Waals surface area contributed by atoms with Crippen LogP contribution in [0.25, 0.3) is 16.9 Å². The number of pyridine rings is 1. The maximum atomic E-state index is 13.9. The Balaban J connectivity index is 1.62. The zero-order chi connectivity index (χ0) is 27.2. The van der Waals surface area contributed by atoms with E-state index in [4.69, 9.17) is 10.5 Å². The van der Waals surface area contributed by atoms with Gasteiger partial charge in [-0.3, -0.25) is 4.79 Å². The van der Waals surface area contributed by atoms with Gasteiger partial charge in [-0.25, -0.2) is 14.5 Å². The Labute approximate surface area is 218 Å². The van der Waals surface area contributed by atoms with Crippen LogP contribution in [0.4, 0.5) is 24.8 Å². The molecule has 10 nitrogen and oxygen atoms in total. The summed E-state index contributed by atoms with van der Waals surface area (Å²) in [5.74, 6) is -0.0801. The molecule has 13 heteroatoms. The number of amides is 1. The van der Waals surface area contributed by atoms with Crippen LogP contribution in [0.3, 0.4) is 0 Å². The molecule has 38 heavy (non-hydrogen) atoms. The SMILES string of the molecule is Cc1c(C(=O)N2CCC(N(C)C)CC2)cc2c(N3CCOCC3)nc(-c3cnc(N)cc3C(F)(F)F)nn12. The average molecular weight is 533 g/mol. The Morgan fingerprint density at radius 1 is 1.13 bits per heavy atom. The number of piperidine rings is 1. The van der Waals surface area contributed by atoms with Crippen LogP contribution >= 0.6 is 0 Å². The summed E-state index contributed by atoms with van der Waals surface area (Å²) >= 11 is 0. The molecule has 0 aromatic carbocycles. The van der Waals surface area contributed by atoms with Crippen molar-refractivity contribution in [2.75, 3.05) is 64.1 Å². The Morgan fingerprint density at radius 3 is 2.45 bits per heavy atom. The zero-order valence-electron chi connectivity index (χ0n) is 21.6. The van der Waals surface area contributed by atoms with E-state index in [0.29, 0.717) is 68.0 Å². The number of aryl methyl sites for hydroxylation is 1. The van der Waals surface area contributed by atoms with Crippen LogP contribution in [0.15, 0.2) is 18.3 Å². The number of anilines is 2. The van der Waals surface area contributed by atoms with Crippen LogP contribution in [0.1, 0.15) is 34.5 Å². The number of alkyl halides is 3. The Morgan fingerprint density at radius 2 is 1.82 bits per heavy atom. The van der Waals surface area contributed by atoms with Crippen molar-refractivity contribution in [3.63, 3.8) is 0 Å². The van der Waals surface area contributed by atoms with Gasteiger partial charge < -0.3 is 25.2 Å². The molecular weight excluding hydrogens is 501 g/mol. The second-order valence-electron chi connectivity index (χ2n) is 9.94. The van der Waals surface area contributed by atoms with E-state index in [0.717, 1.165) is 25.1 Å². The van der Waals surface area contributed by atoms with Gasteiger partial charge in [0.05, 0.1) is 35.6 Å². The van der Waals surface area contributed by atoms with Crippen molar-refractivity contribution in [2.24, 2.45) is 0 Å². The maximum Gasteiger partial charge on any atom is 0.417 e. The molecule has 0 atom stereocenters. The van der Waals surface area contributed by atoms with Gasteiger partial charge in [0.2, 0.25) is 0 Å². The minimum Gasteiger partial charge on any atom is -0.384 e. The fraction of sp³-hybridized carbons (Fsp3) is 0.520. The highest BCUT2D eigenvalue weighted by Gasteiger charge is 2.36. The molecule has 5 heterocycles. The largest absolute Gasteiger partial charge is 0.417 e. The summed E-state index contributed by atoms with van der Waals surface area (Å²) in [7, 11) is 4.08. The van der Waals surface area contributed by atoms with E-state index in [1.54, 1.807) is 13.0 Å². The maximum absolute atomic E-state index is 13.9. The van der Waals surface area contributed by atoms with E-state index in [1.165, 1.54) is 4.52 Å². The van der Waals surface area contributed by atoms with Crippen molar-refractivity contribution in [2.45, 2.75) is 32.0 Å². The molecule has 0 bridgehead atoms. The van der Waals surface area contributed by atoms with Crippen LogP contribution < -0.4 is 10.6 Å². The molecule has 0 radical (unpaired) electrons. The normalized spacial score (nSPS) is 17.6. The molecule has 0 spiro atoms. The van der Waals surface area contributed by atoms with E-state index < -0.39 is 11.7 Å². The first kappa shape index (κ1) is 26.2. The molecule has 2 fully saturated rings. The Bertz CT molecular complexity index is 1340. The number of carbonyl (C=O) groups is 1. The molecule has 2 N–H and O–H groups in total. The number of morpholine rings is 1. The lowest BCUT2D eigenvalue weighted by atomic mass is 10.0. The molecule has 0 saturated carbocycles. The van der Waals surface area contributed by atoms with Gasteiger partial charge in [-0.05, 0) is 46.0 Å². The number of ether oxygens (including phenoxy) is 1. The van der Waals surface area contributed by atoms with Crippen LogP contribution in [0.2, 0.25) is 0 Å². The molecule has 2 aliphatic heterocycles. The number of halogens is 3. The third-order valence-corrected chi connectivity index (χ3v) is 7.35. The third-order valence-electron chi connectivity index (χ3n) is 7.35. The van der Waals surface area contributed by atoms with Crippen molar-refractivity contribution < 1.29 is 22.7 Å². The second-order valence-corrected chi connectivity index (χ2v) is 9.94. The first-order valence-corrected chi connectivity index (χ1v) is 12.6. The predicted octanol–water partition coefficient (Wildman–Crippen LogP) is 2.70. The van der Waals surface area contributed by atoms with Crippen LogP contribution in [0, 0.1) is 6.92 Å². The monoisotopic (exact) mass is 532 g/mol. The minimum absolute atomic E-state index is 0.121. The molecule has 2 saturated heterocycles. The smallest absolute Gasteiger partial charge is 0.384 e. The summed E-state index contributed by atoms with van der Waals surface area (Å²) in [5, 5.41) is 4.48. The number of hydrogen-bond acceptors (Lipinski definition) is 8. The fourth-order valence-electron chi connectivity index (χ4n) is 5.14. The summed E-state index contributed by atoms with van der Waals surface area (Å²) in [6.07, 6.45) is -1.89. The molecule has 204 valence electrons. The van der Waals surface area contributed by atoms with Crippen LogP contribution in [0.5, 0.6) is 0 Å². The van der Waals surface area contributed by atoms with E-state index >= 15 is 0 Å². The molecule has 1 amide bonds. The molecule has 5 rings (SSSR count). The van der Waals surface area contributed by atoms with Crippen LogP contribution in [-0.2, 0) is 10.9 Å². The van der Waals surface area contributed by atoms with E-state index in [-0.39, 0.29) is 23.1 Å². The van der Waals surface area contributed by atoms with Gasteiger partial charge in [-0.2, -0.15) is 13.2 Å².